The lowest BCUT2D eigenvalue weighted by Gasteiger charge is -2.12. The van der Waals surface area contributed by atoms with Crippen LogP contribution >= 0.6 is 0 Å². The molecule has 0 aliphatic heterocycles. The zero-order valence-corrected chi connectivity index (χ0v) is 11.6. The molecule has 0 aliphatic rings. The van der Waals surface area contributed by atoms with Crippen LogP contribution in [0.4, 0.5) is 0 Å². The molecule has 0 radical (unpaired) electrons. The molecule has 5 N–H and O–H groups in total. The highest BCUT2D eigenvalue weighted by Gasteiger charge is 2.14. The average molecular weight is 282 g/mol. The van der Waals surface area contributed by atoms with Gasteiger partial charge in [-0.25, -0.2) is 0 Å². The Hall–Kier alpha value is -1.79. The SMILES string of the molecule is CCOCCCNC(=O)[C@@H](N)Cc1ccc(O)c(O)c1. The van der Waals surface area contributed by atoms with E-state index >= 15 is 0 Å². The predicted molar refractivity (Wildman–Crippen MR) is 75.6 cm³/mol. The van der Waals surface area contributed by atoms with Crippen molar-refractivity contribution < 1.29 is 19.7 Å². The number of phenolic OH excluding ortho intramolecular Hbond substituents is 2. The van der Waals surface area contributed by atoms with Crippen molar-refractivity contribution in [2.75, 3.05) is 19.8 Å². The molecule has 0 aliphatic carbocycles. The molecule has 20 heavy (non-hydrogen) atoms. The van der Waals surface area contributed by atoms with Crippen LogP contribution in [0.5, 0.6) is 11.5 Å². The highest BCUT2D eigenvalue weighted by molar-refractivity contribution is 5.81. The van der Waals surface area contributed by atoms with Crippen LogP contribution in [0.1, 0.15) is 18.9 Å². The van der Waals surface area contributed by atoms with E-state index in [-0.39, 0.29) is 17.4 Å². The maximum atomic E-state index is 11.7. The molecular formula is C14H22N2O4. The molecular weight excluding hydrogens is 260 g/mol. The summed E-state index contributed by atoms with van der Waals surface area (Å²) < 4.78 is 5.16. The third-order valence-electron chi connectivity index (χ3n) is 2.80. The van der Waals surface area contributed by atoms with Gasteiger partial charge in [0.05, 0.1) is 6.04 Å². The molecule has 1 amide bonds. The Morgan fingerprint density at radius 1 is 1.40 bits per heavy atom. The van der Waals surface area contributed by atoms with Crippen molar-refractivity contribution >= 4 is 5.91 Å². The summed E-state index contributed by atoms with van der Waals surface area (Å²) in [5, 5.41) is 21.3. The van der Waals surface area contributed by atoms with Gasteiger partial charge in [-0.2, -0.15) is 0 Å². The van der Waals surface area contributed by atoms with E-state index in [1.165, 1.54) is 12.1 Å². The van der Waals surface area contributed by atoms with Crippen molar-refractivity contribution in [1.82, 2.24) is 5.32 Å². The van der Waals surface area contributed by atoms with Gasteiger partial charge in [0, 0.05) is 19.8 Å². The van der Waals surface area contributed by atoms with Crippen LogP contribution in [-0.4, -0.2) is 41.9 Å². The number of amides is 1. The Morgan fingerprint density at radius 3 is 2.80 bits per heavy atom. The summed E-state index contributed by atoms with van der Waals surface area (Å²) >= 11 is 0. The monoisotopic (exact) mass is 282 g/mol. The molecule has 6 heteroatoms. The summed E-state index contributed by atoms with van der Waals surface area (Å²) in [5.41, 5.74) is 6.48. The summed E-state index contributed by atoms with van der Waals surface area (Å²) in [6.45, 7) is 3.71. The van der Waals surface area contributed by atoms with Gasteiger partial charge in [-0.1, -0.05) is 6.07 Å². The zero-order valence-electron chi connectivity index (χ0n) is 11.6. The molecule has 1 aromatic rings. The number of carbonyl (C=O) groups excluding carboxylic acids is 1. The first-order valence-electron chi connectivity index (χ1n) is 6.66. The largest absolute Gasteiger partial charge is 0.504 e. The topological polar surface area (TPSA) is 105 Å². The normalized spacial score (nSPS) is 12.1. The number of carbonyl (C=O) groups is 1. The Morgan fingerprint density at radius 2 is 2.15 bits per heavy atom. The molecule has 112 valence electrons. The van der Waals surface area contributed by atoms with Crippen molar-refractivity contribution in [3.05, 3.63) is 23.8 Å². The molecule has 0 bridgehead atoms. The van der Waals surface area contributed by atoms with Gasteiger partial charge in [0.1, 0.15) is 0 Å². The van der Waals surface area contributed by atoms with Crippen LogP contribution in [0, 0.1) is 0 Å². The zero-order chi connectivity index (χ0) is 15.0. The van der Waals surface area contributed by atoms with Gasteiger partial charge >= 0.3 is 0 Å². The number of hydrogen-bond acceptors (Lipinski definition) is 5. The molecule has 0 saturated heterocycles. The Balaban J connectivity index is 2.35. The van der Waals surface area contributed by atoms with E-state index in [9.17, 15) is 15.0 Å². The van der Waals surface area contributed by atoms with Crippen LogP contribution in [-0.2, 0) is 16.0 Å². The second kappa shape index (κ2) is 8.39. The lowest BCUT2D eigenvalue weighted by Crippen LogP contribution is -2.42. The summed E-state index contributed by atoms with van der Waals surface area (Å²) in [6, 6.07) is 3.71. The van der Waals surface area contributed by atoms with Crippen molar-refractivity contribution in [2.45, 2.75) is 25.8 Å². The van der Waals surface area contributed by atoms with Crippen molar-refractivity contribution in [3.8, 4) is 11.5 Å². The quantitative estimate of drug-likeness (QED) is 0.411. The van der Waals surface area contributed by atoms with E-state index in [0.29, 0.717) is 31.7 Å². The molecule has 0 aromatic heterocycles. The highest BCUT2D eigenvalue weighted by atomic mass is 16.5. The first-order valence-corrected chi connectivity index (χ1v) is 6.66. The van der Waals surface area contributed by atoms with E-state index in [2.05, 4.69) is 5.32 Å². The summed E-state index contributed by atoms with van der Waals surface area (Å²) in [6.07, 6.45) is 1.04. The van der Waals surface area contributed by atoms with Crippen LogP contribution in [0.3, 0.4) is 0 Å². The van der Waals surface area contributed by atoms with Gasteiger partial charge < -0.3 is 26.0 Å². The van der Waals surface area contributed by atoms with Crippen LogP contribution < -0.4 is 11.1 Å². The van der Waals surface area contributed by atoms with Gasteiger partial charge in [-0.05, 0) is 37.5 Å². The summed E-state index contributed by atoms with van der Waals surface area (Å²) in [7, 11) is 0. The van der Waals surface area contributed by atoms with Gasteiger partial charge in [-0.15, -0.1) is 0 Å². The Kier molecular flexibility index (Phi) is 6.83. The van der Waals surface area contributed by atoms with Gasteiger partial charge in [0.25, 0.3) is 0 Å². The van der Waals surface area contributed by atoms with E-state index in [0.717, 1.165) is 6.42 Å². The number of rotatable bonds is 8. The lowest BCUT2D eigenvalue weighted by atomic mass is 10.1. The minimum Gasteiger partial charge on any atom is -0.504 e. The maximum absolute atomic E-state index is 11.7. The van der Waals surface area contributed by atoms with E-state index in [1.54, 1.807) is 6.07 Å². The fraction of sp³-hybridized carbons (Fsp3) is 0.500. The van der Waals surface area contributed by atoms with Crippen LogP contribution in [0.25, 0.3) is 0 Å². The minimum atomic E-state index is -0.689. The molecule has 0 spiro atoms. The first kappa shape index (κ1) is 16.3. The number of aromatic hydroxyl groups is 2. The number of nitrogens with one attached hydrogen (secondary N) is 1. The fourth-order valence-electron chi connectivity index (χ4n) is 1.70. The molecule has 1 aromatic carbocycles. The predicted octanol–water partition coefficient (Wildman–Crippen LogP) is 0.510. The maximum Gasteiger partial charge on any atom is 0.237 e. The molecule has 0 saturated carbocycles. The second-order valence-electron chi connectivity index (χ2n) is 4.48. The third-order valence-corrected chi connectivity index (χ3v) is 2.80. The van der Waals surface area contributed by atoms with Crippen molar-refractivity contribution in [1.29, 1.82) is 0 Å². The summed E-state index contributed by atoms with van der Waals surface area (Å²) in [5.74, 6) is -0.649. The van der Waals surface area contributed by atoms with Gasteiger partial charge in [0.2, 0.25) is 5.91 Å². The van der Waals surface area contributed by atoms with E-state index in [1.807, 2.05) is 6.92 Å². The second-order valence-corrected chi connectivity index (χ2v) is 4.48. The van der Waals surface area contributed by atoms with E-state index < -0.39 is 6.04 Å². The van der Waals surface area contributed by atoms with Crippen LogP contribution in [0.2, 0.25) is 0 Å². The van der Waals surface area contributed by atoms with E-state index in [4.69, 9.17) is 10.5 Å². The number of ether oxygens (including phenoxy) is 1. The van der Waals surface area contributed by atoms with Crippen molar-refractivity contribution in [3.63, 3.8) is 0 Å². The molecule has 1 atom stereocenters. The average Bonchev–Trinajstić information content (AvgIpc) is 2.42. The number of benzene rings is 1. The number of hydrogen-bond donors (Lipinski definition) is 4. The fourth-order valence-corrected chi connectivity index (χ4v) is 1.70. The van der Waals surface area contributed by atoms with Crippen LogP contribution in [0.15, 0.2) is 18.2 Å². The number of phenols is 2. The molecule has 0 fully saturated rings. The Bertz CT molecular complexity index is 437. The molecule has 0 heterocycles. The minimum absolute atomic E-state index is 0.192. The van der Waals surface area contributed by atoms with Gasteiger partial charge in [-0.3, -0.25) is 4.79 Å². The molecule has 1 rings (SSSR count). The smallest absolute Gasteiger partial charge is 0.237 e. The van der Waals surface area contributed by atoms with Gasteiger partial charge in [0.15, 0.2) is 11.5 Å². The number of nitrogens with two attached hydrogens (primary N) is 1. The first-order chi connectivity index (χ1) is 9.54. The highest BCUT2D eigenvalue weighted by Crippen LogP contribution is 2.25. The summed E-state index contributed by atoms with van der Waals surface area (Å²) in [4.78, 5) is 11.7. The molecule has 6 nitrogen and oxygen atoms in total. The molecule has 0 unspecified atom stereocenters. The standard InChI is InChI=1S/C14H22N2O4/c1-2-20-7-3-6-16-14(19)11(15)8-10-4-5-12(17)13(18)9-10/h4-5,9,11,17-18H,2-3,6-8,15H2,1H3,(H,16,19)/t11-/m0/s1. The third kappa shape index (κ3) is 5.46. The Labute approximate surface area is 118 Å². The van der Waals surface area contributed by atoms with Crippen molar-refractivity contribution in [2.24, 2.45) is 5.73 Å². The lowest BCUT2D eigenvalue weighted by molar-refractivity contribution is -0.122.